The number of hydrogen-bond acceptors (Lipinski definition) is 4. The van der Waals surface area contributed by atoms with Crippen molar-refractivity contribution in [3.63, 3.8) is 0 Å². The van der Waals surface area contributed by atoms with Crippen molar-refractivity contribution in [2.24, 2.45) is 0 Å². The summed E-state index contributed by atoms with van der Waals surface area (Å²) in [7, 11) is -3.75. The number of hydrogen-bond donors (Lipinski definition) is 2. The average Bonchev–Trinajstić information content (AvgIpc) is 3.31. The Morgan fingerprint density at radius 2 is 1.70 bits per heavy atom. The fourth-order valence-corrected chi connectivity index (χ4v) is 4.44. The lowest BCUT2D eigenvalue weighted by atomic mass is 10.1. The van der Waals surface area contributed by atoms with Crippen molar-refractivity contribution in [1.29, 1.82) is 0 Å². The monoisotopic (exact) mass is 460 g/mol. The molecule has 8 heteroatoms. The molecule has 3 aromatic carbocycles. The fraction of sp³-hybridized carbons (Fsp3) is 0.120. The van der Waals surface area contributed by atoms with E-state index in [0.29, 0.717) is 24.3 Å². The molecule has 4 aromatic rings. The summed E-state index contributed by atoms with van der Waals surface area (Å²) in [6, 6.07) is 22.7. The molecule has 0 saturated carbocycles. The number of aryl methyl sites for hydroxylation is 1. The number of carbonyl (C=O) groups excluding carboxylic acids is 1. The van der Waals surface area contributed by atoms with E-state index >= 15 is 0 Å². The van der Waals surface area contributed by atoms with Crippen LogP contribution in [0.1, 0.15) is 27.0 Å². The molecule has 0 fully saturated rings. The standard InChI is InChI=1S/C25H24N4O3S/c1-19-10-12-24(13-11-19)33(31,32)28-23-9-4-8-20(16-23)25(30)26-17-21-6-2-3-7-22(21)18-29-15-5-14-27-29/h2-16,28H,17-18H2,1H3,(H,26,30). The highest BCUT2D eigenvalue weighted by molar-refractivity contribution is 7.92. The van der Waals surface area contributed by atoms with Crippen molar-refractivity contribution in [3.8, 4) is 0 Å². The summed E-state index contributed by atoms with van der Waals surface area (Å²) < 4.78 is 29.7. The molecule has 4 rings (SSSR count). The lowest BCUT2D eigenvalue weighted by molar-refractivity contribution is 0.0951. The minimum absolute atomic E-state index is 0.164. The molecule has 0 unspecified atom stereocenters. The van der Waals surface area contributed by atoms with E-state index in [4.69, 9.17) is 0 Å². The molecule has 1 aromatic heterocycles. The number of rotatable bonds is 8. The van der Waals surface area contributed by atoms with E-state index in [1.807, 2.05) is 48.1 Å². The van der Waals surface area contributed by atoms with Crippen molar-refractivity contribution in [3.05, 3.63) is 114 Å². The number of aromatic nitrogens is 2. The van der Waals surface area contributed by atoms with Crippen LogP contribution < -0.4 is 10.0 Å². The summed E-state index contributed by atoms with van der Waals surface area (Å²) in [6.45, 7) is 2.84. The summed E-state index contributed by atoms with van der Waals surface area (Å²) in [6.07, 6.45) is 3.61. The summed E-state index contributed by atoms with van der Waals surface area (Å²) in [4.78, 5) is 12.9. The van der Waals surface area contributed by atoms with Crippen molar-refractivity contribution in [2.75, 3.05) is 4.72 Å². The van der Waals surface area contributed by atoms with E-state index in [2.05, 4.69) is 15.1 Å². The zero-order chi connectivity index (χ0) is 23.3. The number of benzene rings is 3. The van der Waals surface area contributed by atoms with Gasteiger partial charge in [0.1, 0.15) is 0 Å². The number of anilines is 1. The van der Waals surface area contributed by atoms with Crippen LogP contribution in [0.2, 0.25) is 0 Å². The first kappa shape index (κ1) is 22.3. The van der Waals surface area contributed by atoms with Crippen molar-refractivity contribution < 1.29 is 13.2 Å². The molecule has 0 aliphatic heterocycles. The number of nitrogens with one attached hydrogen (secondary N) is 2. The minimum atomic E-state index is -3.75. The van der Waals surface area contributed by atoms with Crippen LogP contribution in [-0.4, -0.2) is 24.1 Å². The molecular formula is C25H24N4O3S. The second-order valence-electron chi connectivity index (χ2n) is 7.65. The van der Waals surface area contributed by atoms with Crippen LogP contribution in [0.25, 0.3) is 0 Å². The molecule has 0 radical (unpaired) electrons. The van der Waals surface area contributed by atoms with Crippen LogP contribution in [-0.2, 0) is 23.1 Å². The van der Waals surface area contributed by atoms with Gasteiger partial charge in [0, 0.05) is 30.2 Å². The molecule has 7 nitrogen and oxygen atoms in total. The predicted molar refractivity (Wildman–Crippen MR) is 127 cm³/mol. The van der Waals surface area contributed by atoms with Crippen LogP contribution in [0.4, 0.5) is 5.69 Å². The molecule has 0 saturated heterocycles. The van der Waals surface area contributed by atoms with E-state index in [1.54, 1.807) is 48.7 Å². The highest BCUT2D eigenvalue weighted by Gasteiger charge is 2.15. The van der Waals surface area contributed by atoms with Gasteiger partial charge >= 0.3 is 0 Å². The number of carbonyl (C=O) groups is 1. The van der Waals surface area contributed by atoms with Gasteiger partial charge in [0.25, 0.3) is 15.9 Å². The van der Waals surface area contributed by atoms with Gasteiger partial charge in [0.15, 0.2) is 0 Å². The molecular weight excluding hydrogens is 436 g/mol. The second kappa shape index (κ2) is 9.70. The van der Waals surface area contributed by atoms with E-state index < -0.39 is 10.0 Å². The van der Waals surface area contributed by atoms with Gasteiger partial charge in [-0.1, -0.05) is 48.0 Å². The highest BCUT2D eigenvalue weighted by Crippen LogP contribution is 2.18. The van der Waals surface area contributed by atoms with E-state index in [1.165, 1.54) is 6.07 Å². The Labute approximate surface area is 193 Å². The topological polar surface area (TPSA) is 93.1 Å². The molecule has 33 heavy (non-hydrogen) atoms. The van der Waals surface area contributed by atoms with E-state index in [0.717, 1.165) is 16.7 Å². The van der Waals surface area contributed by atoms with Gasteiger partial charge in [-0.2, -0.15) is 5.10 Å². The van der Waals surface area contributed by atoms with Gasteiger partial charge < -0.3 is 5.32 Å². The summed E-state index contributed by atoms with van der Waals surface area (Å²) >= 11 is 0. The second-order valence-corrected chi connectivity index (χ2v) is 9.34. The first-order chi connectivity index (χ1) is 15.9. The third-order valence-electron chi connectivity index (χ3n) is 5.16. The summed E-state index contributed by atoms with van der Waals surface area (Å²) in [5, 5.41) is 7.15. The van der Waals surface area contributed by atoms with Gasteiger partial charge in [-0.25, -0.2) is 8.42 Å². The zero-order valence-electron chi connectivity index (χ0n) is 18.1. The molecule has 0 spiro atoms. The van der Waals surface area contributed by atoms with Gasteiger partial charge in [0.05, 0.1) is 11.4 Å². The summed E-state index contributed by atoms with van der Waals surface area (Å²) in [5.41, 5.74) is 3.70. The summed E-state index contributed by atoms with van der Waals surface area (Å²) in [5.74, 6) is -0.291. The van der Waals surface area contributed by atoms with Crippen LogP contribution in [0.3, 0.4) is 0 Å². The SMILES string of the molecule is Cc1ccc(S(=O)(=O)Nc2cccc(C(=O)NCc3ccccc3Cn3cccn3)c2)cc1. The molecule has 0 aliphatic rings. The fourth-order valence-electron chi connectivity index (χ4n) is 3.39. The molecule has 168 valence electrons. The molecule has 1 heterocycles. The third-order valence-corrected chi connectivity index (χ3v) is 6.55. The van der Waals surface area contributed by atoms with Crippen LogP contribution in [0.15, 0.2) is 96.2 Å². The average molecular weight is 461 g/mol. The lowest BCUT2D eigenvalue weighted by Gasteiger charge is -2.12. The predicted octanol–water partition coefficient (Wildman–Crippen LogP) is 3.97. The Balaban J connectivity index is 1.44. The van der Waals surface area contributed by atoms with Crippen LogP contribution in [0, 0.1) is 6.92 Å². The number of sulfonamides is 1. The smallest absolute Gasteiger partial charge is 0.261 e. The Morgan fingerprint density at radius 3 is 2.42 bits per heavy atom. The van der Waals surface area contributed by atoms with Crippen LogP contribution >= 0.6 is 0 Å². The van der Waals surface area contributed by atoms with Crippen LogP contribution in [0.5, 0.6) is 0 Å². The van der Waals surface area contributed by atoms with Crippen molar-refractivity contribution >= 4 is 21.6 Å². The van der Waals surface area contributed by atoms with E-state index in [-0.39, 0.29) is 10.8 Å². The molecule has 0 aliphatic carbocycles. The normalized spacial score (nSPS) is 11.2. The van der Waals surface area contributed by atoms with Crippen molar-refractivity contribution in [1.82, 2.24) is 15.1 Å². The Kier molecular flexibility index (Phi) is 6.55. The van der Waals surface area contributed by atoms with Gasteiger partial charge in [-0.05, 0) is 54.4 Å². The van der Waals surface area contributed by atoms with Gasteiger partial charge in [-0.3, -0.25) is 14.2 Å². The van der Waals surface area contributed by atoms with Crippen molar-refractivity contribution in [2.45, 2.75) is 24.9 Å². The van der Waals surface area contributed by atoms with Gasteiger partial charge in [-0.15, -0.1) is 0 Å². The maximum absolute atomic E-state index is 12.8. The third kappa shape index (κ3) is 5.67. The number of amides is 1. The highest BCUT2D eigenvalue weighted by atomic mass is 32.2. The lowest BCUT2D eigenvalue weighted by Crippen LogP contribution is -2.24. The largest absolute Gasteiger partial charge is 0.348 e. The van der Waals surface area contributed by atoms with Gasteiger partial charge in [0.2, 0.25) is 0 Å². The number of nitrogens with zero attached hydrogens (tertiary/aromatic N) is 2. The Hall–Kier alpha value is -3.91. The quantitative estimate of drug-likeness (QED) is 0.416. The Morgan fingerprint density at radius 1 is 0.939 bits per heavy atom. The zero-order valence-corrected chi connectivity index (χ0v) is 18.9. The minimum Gasteiger partial charge on any atom is -0.348 e. The first-order valence-electron chi connectivity index (χ1n) is 10.4. The molecule has 0 bridgehead atoms. The maximum Gasteiger partial charge on any atom is 0.261 e. The Bertz CT molecular complexity index is 1350. The van der Waals surface area contributed by atoms with E-state index in [9.17, 15) is 13.2 Å². The molecule has 0 atom stereocenters. The molecule has 1 amide bonds. The first-order valence-corrected chi connectivity index (χ1v) is 11.9. The maximum atomic E-state index is 12.8. The molecule has 2 N–H and O–H groups in total.